The average Bonchev–Trinajstić information content (AvgIpc) is 3.14. The average molecular weight is 385 g/mol. The van der Waals surface area contributed by atoms with E-state index >= 15 is 0 Å². The van der Waals surface area contributed by atoms with Crippen molar-refractivity contribution in [2.75, 3.05) is 7.11 Å². The minimum Gasteiger partial charge on any atom is -0.464 e. The zero-order valence-corrected chi connectivity index (χ0v) is 15.0. The number of carbonyl (C=O) groups is 1. The molecule has 0 unspecified atom stereocenters. The van der Waals surface area contributed by atoms with Crippen molar-refractivity contribution in [2.45, 2.75) is 24.7 Å². The van der Waals surface area contributed by atoms with E-state index in [2.05, 4.69) is 20.1 Å². The van der Waals surface area contributed by atoms with Crippen LogP contribution in [0.1, 0.15) is 34.8 Å². The second-order valence-electron chi connectivity index (χ2n) is 6.69. The number of benzene rings is 2. The lowest BCUT2D eigenvalue weighted by molar-refractivity contribution is -0.0867. The standard InChI is InChI=1S/C20H17F2N3O3/c1-27-19(26)17-18(24-25-23-17)28-16-8-6-13(7-9-16)12-2-4-14(5-3-12)15-10-20(21,22)11-15/h2-9,15H,10-11H2,1H3,(H,23,24,25). The molecule has 8 heteroatoms. The summed E-state index contributed by atoms with van der Waals surface area (Å²) in [6.45, 7) is 0. The number of nitrogens with one attached hydrogen (secondary N) is 1. The largest absolute Gasteiger partial charge is 0.464 e. The predicted octanol–water partition coefficient (Wildman–Crippen LogP) is 4.56. The smallest absolute Gasteiger partial charge is 0.364 e. The van der Waals surface area contributed by atoms with Gasteiger partial charge in [0.2, 0.25) is 11.6 Å². The third-order valence-corrected chi connectivity index (χ3v) is 4.78. The Labute approximate surface area is 159 Å². The normalized spacial score (nSPS) is 15.7. The lowest BCUT2D eigenvalue weighted by Crippen LogP contribution is -2.33. The molecule has 0 bridgehead atoms. The number of alkyl halides is 2. The van der Waals surface area contributed by atoms with Gasteiger partial charge in [-0.15, -0.1) is 5.10 Å². The van der Waals surface area contributed by atoms with Crippen LogP contribution in [0.15, 0.2) is 48.5 Å². The summed E-state index contributed by atoms with van der Waals surface area (Å²) in [5.41, 5.74) is 2.83. The first kappa shape index (κ1) is 18.1. The van der Waals surface area contributed by atoms with E-state index in [-0.39, 0.29) is 30.3 Å². The molecule has 144 valence electrons. The highest BCUT2D eigenvalue weighted by Crippen LogP contribution is 2.48. The van der Waals surface area contributed by atoms with Gasteiger partial charge in [-0.3, -0.25) is 0 Å². The monoisotopic (exact) mass is 385 g/mol. The van der Waals surface area contributed by atoms with Crippen LogP contribution in [0, 0.1) is 0 Å². The highest BCUT2D eigenvalue weighted by molar-refractivity contribution is 5.89. The van der Waals surface area contributed by atoms with Gasteiger partial charge in [0, 0.05) is 12.8 Å². The van der Waals surface area contributed by atoms with Crippen molar-refractivity contribution < 1.29 is 23.0 Å². The maximum Gasteiger partial charge on any atom is 0.364 e. The first-order valence-electron chi connectivity index (χ1n) is 8.70. The number of aromatic amines is 1. The van der Waals surface area contributed by atoms with E-state index in [4.69, 9.17) is 4.74 Å². The maximum absolute atomic E-state index is 13.0. The molecule has 0 amide bonds. The van der Waals surface area contributed by atoms with Gasteiger partial charge in [-0.1, -0.05) is 41.6 Å². The molecule has 0 radical (unpaired) electrons. The molecule has 2 aromatic carbocycles. The fourth-order valence-corrected chi connectivity index (χ4v) is 3.20. The number of hydrogen-bond acceptors (Lipinski definition) is 5. The molecule has 1 aliphatic carbocycles. The topological polar surface area (TPSA) is 77.1 Å². The number of esters is 1. The quantitative estimate of drug-likeness (QED) is 0.652. The molecule has 0 spiro atoms. The molecule has 0 atom stereocenters. The van der Waals surface area contributed by atoms with Crippen molar-refractivity contribution in [1.82, 2.24) is 15.4 Å². The molecule has 1 aromatic heterocycles. The van der Waals surface area contributed by atoms with Crippen LogP contribution >= 0.6 is 0 Å². The van der Waals surface area contributed by atoms with Gasteiger partial charge in [-0.2, -0.15) is 0 Å². The van der Waals surface area contributed by atoms with E-state index in [1.165, 1.54) is 7.11 Å². The fourth-order valence-electron chi connectivity index (χ4n) is 3.20. The molecule has 1 N–H and O–H groups in total. The molecule has 1 saturated carbocycles. The Bertz CT molecular complexity index is 977. The third kappa shape index (κ3) is 3.58. The summed E-state index contributed by atoms with van der Waals surface area (Å²) in [7, 11) is 1.25. The summed E-state index contributed by atoms with van der Waals surface area (Å²) in [5.74, 6) is -2.64. The number of aromatic nitrogens is 3. The number of carbonyl (C=O) groups excluding carboxylic acids is 1. The first-order chi connectivity index (χ1) is 13.4. The number of methoxy groups -OCH3 is 1. The Morgan fingerprint density at radius 3 is 2.25 bits per heavy atom. The van der Waals surface area contributed by atoms with Crippen LogP contribution in [-0.4, -0.2) is 34.4 Å². The molecular weight excluding hydrogens is 368 g/mol. The van der Waals surface area contributed by atoms with Crippen LogP contribution in [0.3, 0.4) is 0 Å². The number of hydrogen-bond donors (Lipinski definition) is 1. The molecular formula is C20H17F2N3O3. The van der Waals surface area contributed by atoms with Gasteiger partial charge < -0.3 is 9.47 Å². The van der Waals surface area contributed by atoms with Gasteiger partial charge in [-0.05, 0) is 34.7 Å². The summed E-state index contributed by atoms with van der Waals surface area (Å²) >= 11 is 0. The molecule has 3 aromatic rings. The van der Waals surface area contributed by atoms with Gasteiger partial charge in [0.1, 0.15) is 5.75 Å². The second kappa shape index (κ2) is 7.03. The second-order valence-corrected chi connectivity index (χ2v) is 6.69. The minimum absolute atomic E-state index is 0.0382. The number of nitrogens with zero attached hydrogens (tertiary/aromatic N) is 2. The Morgan fingerprint density at radius 1 is 1.07 bits per heavy atom. The van der Waals surface area contributed by atoms with E-state index in [0.29, 0.717) is 5.75 Å². The van der Waals surface area contributed by atoms with Gasteiger partial charge >= 0.3 is 5.97 Å². The zero-order valence-electron chi connectivity index (χ0n) is 15.0. The predicted molar refractivity (Wildman–Crippen MR) is 96.6 cm³/mol. The van der Waals surface area contributed by atoms with Crippen LogP contribution in [0.2, 0.25) is 0 Å². The highest BCUT2D eigenvalue weighted by atomic mass is 19.3. The fraction of sp³-hybridized carbons (Fsp3) is 0.250. The Kier molecular flexibility index (Phi) is 4.54. The van der Waals surface area contributed by atoms with Crippen LogP contribution in [0.25, 0.3) is 11.1 Å². The van der Waals surface area contributed by atoms with E-state index in [0.717, 1.165) is 16.7 Å². The molecule has 0 saturated heterocycles. The van der Waals surface area contributed by atoms with Crippen LogP contribution in [-0.2, 0) is 4.74 Å². The third-order valence-electron chi connectivity index (χ3n) is 4.78. The molecule has 6 nitrogen and oxygen atoms in total. The zero-order chi connectivity index (χ0) is 19.7. The van der Waals surface area contributed by atoms with E-state index in [9.17, 15) is 13.6 Å². The lowest BCUT2D eigenvalue weighted by Gasteiger charge is -2.35. The Morgan fingerprint density at radius 2 is 1.68 bits per heavy atom. The van der Waals surface area contributed by atoms with Crippen molar-refractivity contribution in [3.63, 3.8) is 0 Å². The molecule has 28 heavy (non-hydrogen) atoms. The SMILES string of the molecule is COC(=O)c1nn[nH]c1Oc1ccc(-c2ccc(C3CC(F)(F)C3)cc2)cc1. The summed E-state index contributed by atoms with van der Waals surface area (Å²) < 4.78 is 36.3. The number of halogens is 2. The maximum atomic E-state index is 13.0. The van der Waals surface area contributed by atoms with E-state index < -0.39 is 11.9 Å². The van der Waals surface area contributed by atoms with Gasteiger partial charge in [0.05, 0.1) is 7.11 Å². The summed E-state index contributed by atoms with van der Waals surface area (Å²) in [6, 6.07) is 14.9. The lowest BCUT2D eigenvalue weighted by atomic mass is 9.76. The molecule has 1 fully saturated rings. The van der Waals surface area contributed by atoms with E-state index in [1.807, 2.05) is 36.4 Å². The van der Waals surface area contributed by atoms with E-state index in [1.54, 1.807) is 12.1 Å². The van der Waals surface area contributed by atoms with Gasteiger partial charge in [-0.25, -0.2) is 18.7 Å². The molecule has 0 aliphatic heterocycles. The number of rotatable bonds is 5. The van der Waals surface area contributed by atoms with Crippen LogP contribution in [0.5, 0.6) is 11.6 Å². The van der Waals surface area contributed by atoms with Crippen molar-refractivity contribution >= 4 is 5.97 Å². The van der Waals surface area contributed by atoms with Crippen LogP contribution in [0.4, 0.5) is 8.78 Å². The summed E-state index contributed by atoms with van der Waals surface area (Å²) in [4.78, 5) is 11.6. The minimum atomic E-state index is -2.52. The van der Waals surface area contributed by atoms with Gasteiger partial charge in [0.25, 0.3) is 5.88 Å². The van der Waals surface area contributed by atoms with Crippen molar-refractivity contribution in [2.24, 2.45) is 0 Å². The molecule has 4 rings (SSSR count). The number of ether oxygens (including phenoxy) is 2. The highest BCUT2D eigenvalue weighted by Gasteiger charge is 2.45. The summed E-state index contributed by atoms with van der Waals surface area (Å²) in [6.07, 6.45) is -0.150. The molecule has 1 heterocycles. The van der Waals surface area contributed by atoms with Crippen molar-refractivity contribution in [1.29, 1.82) is 0 Å². The Balaban J connectivity index is 1.45. The first-order valence-corrected chi connectivity index (χ1v) is 8.70. The Hall–Kier alpha value is -3.29. The van der Waals surface area contributed by atoms with Gasteiger partial charge in [0.15, 0.2) is 0 Å². The van der Waals surface area contributed by atoms with Crippen molar-refractivity contribution in [3.05, 3.63) is 59.8 Å². The van der Waals surface area contributed by atoms with Crippen molar-refractivity contribution in [3.8, 4) is 22.8 Å². The molecule has 1 aliphatic rings. The summed E-state index contributed by atoms with van der Waals surface area (Å²) in [5, 5.41) is 9.70. The van der Waals surface area contributed by atoms with Crippen LogP contribution < -0.4 is 4.74 Å². The number of H-pyrrole nitrogens is 1.